The van der Waals surface area contributed by atoms with E-state index in [2.05, 4.69) is 10.1 Å². The van der Waals surface area contributed by atoms with Crippen molar-refractivity contribution >= 4 is 5.78 Å². The Hall–Kier alpha value is -1.19. The quantitative estimate of drug-likeness (QED) is 0.768. The number of Topliss-reactive ketones (excluding diaryl/α,β-unsaturated/α-hetero) is 1. The van der Waals surface area contributed by atoms with Gasteiger partial charge < -0.3 is 4.52 Å². The third-order valence-electron chi connectivity index (χ3n) is 2.15. The minimum atomic E-state index is -0.355. The molecule has 0 aromatic carbocycles. The van der Waals surface area contributed by atoms with Gasteiger partial charge in [-0.05, 0) is 0 Å². The van der Waals surface area contributed by atoms with E-state index in [0.717, 1.165) is 0 Å². The van der Waals surface area contributed by atoms with Gasteiger partial charge in [-0.15, -0.1) is 0 Å². The van der Waals surface area contributed by atoms with E-state index in [1.807, 2.05) is 34.6 Å². The van der Waals surface area contributed by atoms with Gasteiger partial charge >= 0.3 is 0 Å². The summed E-state index contributed by atoms with van der Waals surface area (Å²) >= 11 is 0. The Kier molecular flexibility index (Phi) is 3.27. The molecule has 0 N–H and O–H groups in total. The summed E-state index contributed by atoms with van der Waals surface area (Å²) in [5, 5.41) is 3.81. The number of carbonyl (C=O) groups is 1. The van der Waals surface area contributed by atoms with Gasteiger partial charge in [-0.1, -0.05) is 39.8 Å². The van der Waals surface area contributed by atoms with Crippen molar-refractivity contribution in [2.75, 3.05) is 0 Å². The first-order valence-electron chi connectivity index (χ1n) is 5.16. The first kappa shape index (κ1) is 11.9. The lowest BCUT2D eigenvalue weighted by molar-refractivity contribution is -0.125. The van der Waals surface area contributed by atoms with Gasteiger partial charge in [0.15, 0.2) is 5.82 Å². The first-order chi connectivity index (χ1) is 6.80. The largest absolute Gasteiger partial charge is 0.339 e. The fraction of sp³-hybridized carbons (Fsp3) is 0.727. The highest BCUT2D eigenvalue weighted by atomic mass is 16.5. The Labute approximate surface area is 90.1 Å². The molecule has 1 aromatic heterocycles. The summed E-state index contributed by atoms with van der Waals surface area (Å²) in [6.07, 6.45) is 0.225. The third-order valence-corrected chi connectivity index (χ3v) is 2.15. The number of hydrogen-bond acceptors (Lipinski definition) is 4. The van der Waals surface area contributed by atoms with Crippen molar-refractivity contribution < 1.29 is 9.32 Å². The van der Waals surface area contributed by atoms with Crippen LogP contribution in [0.4, 0.5) is 0 Å². The SMILES string of the molecule is CC(C)c1noc(CC(=O)C(C)(C)C)n1. The standard InChI is InChI=1S/C11H18N2O2/c1-7(2)10-12-9(15-13-10)6-8(14)11(3,4)5/h7H,6H2,1-5H3. The topological polar surface area (TPSA) is 56.0 Å². The predicted octanol–water partition coefficient (Wildman–Crippen LogP) is 2.35. The number of carbonyl (C=O) groups excluding carboxylic acids is 1. The van der Waals surface area contributed by atoms with E-state index in [-0.39, 0.29) is 23.5 Å². The van der Waals surface area contributed by atoms with Crippen LogP contribution in [0.5, 0.6) is 0 Å². The molecule has 0 aliphatic heterocycles. The van der Waals surface area contributed by atoms with E-state index in [1.54, 1.807) is 0 Å². The fourth-order valence-corrected chi connectivity index (χ4v) is 0.977. The zero-order valence-corrected chi connectivity index (χ0v) is 10.00. The van der Waals surface area contributed by atoms with Crippen LogP contribution in [0.1, 0.15) is 52.3 Å². The summed E-state index contributed by atoms with van der Waals surface area (Å²) in [6.45, 7) is 9.62. The van der Waals surface area contributed by atoms with Crippen LogP contribution < -0.4 is 0 Å². The molecule has 0 radical (unpaired) electrons. The van der Waals surface area contributed by atoms with Crippen LogP contribution in [-0.2, 0) is 11.2 Å². The molecule has 0 atom stereocenters. The highest BCUT2D eigenvalue weighted by molar-refractivity contribution is 5.84. The number of nitrogens with zero attached hydrogens (tertiary/aromatic N) is 2. The Morgan fingerprint density at radius 3 is 2.40 bits per heavy atom. The molecule has 0 fully saturated rings. The Morgan fingerprint density at radius 1 is 1.40 bits per heavy atom. The van der Waals surface area contributed by atoms with Crippen molar-refractivity contribution in [3.05, 3.63) is 11.7 Å². The minimum absolute atomic E-state index is 0.112. The average molecular weight is 210 g/mol. The zero-order valence-electron chi connectivity index (χ0n) is 10.00. The molecule has 0 saturated carbocycles. The van der Waals surface area contributed by atoms with Crippen LogP contribution in [0.3, 0.4) is 0 Å². The molecule has 0 spiro atoms. The lowest BCUT2D eigenvalue weighted by atomic mass is 9.89. The molecule has 0 saturated heterocycles. The maximum Gasteiger partial charge on any atom is 0.234 e. The van der Waals surface area contributed by atoms with Crippen molar-refractivity contribution in [3.8, 4) is 0 Å². The van der Waals surface area contributed by atoms with E-state index in [9.17, 15) is 4.79 Å². The van der Waals surface area contributed by atoms with Crippen LogP contribution in [-0.4, -0.2) is 15.9 Å². The van der Waals surface area contributed by atoms with E-state index in [4.69, 9.17) is 4.52 Å². The number of ketones is 1. The summed E-state index contributed by atoms with van der Waals surface area (Å²) in [7, 11) is 0. The molecule has 0 aliphatic rings. The summed E-state index contributed by atoms with van der Waals surface area (Å²) in [5.74, 6) is 1.42. The van der Waals surface area contributed by atoms with Crippen molar-refractivity contribution in [1.82, 2.24) is 10.1 Å². The fourth-order valence-electron chi connectivity index (χ4n) is 0.977. The van der Waals surface area contributed by atoms with Crippen LogP contribution in [0.25, 0.3) is 0 Å². The van der Waals surface area contributed by atoms with Gasteiger partial charge in [0.2, 0.25) is 5.89 Å². The Bertz CT molecular complexity index is 348. The minimum Gasteiger partial charge on any atom is -0.339 e. The molecule has 0 bridgehead atoms. The molecule has 0 aliphatic carbocycles. The second-order valence-corrected chi connectivity index (χ2v) is 5.05. The lowest BCUT2D eigenvalue weighted by Crippen LogP contribution is -2.22. The first-order valence-corrected chi connectivity index (χ1v) is 5.16. The molecule has 1 aromatic rings. The Morgan fingerprint density at radius 2 is 2.00 bits per heavy atom. The molecule has 4 nitrogen and oxygen atoms in total. The molecular weight excluding hydrogens is 192 g/mol. The van der Waals surface area contributed by atoms with Gasteiger partial charge in [0.1, 0.15) is 5.78 Å². The zero-order chi connectivity index (χ0) is 11.6. The molecule has 0 amide bonds. The number of hydrogen-bond donors (Lipinski definition) is 0. The Balaban J connectivity index is 2.70. The molecule has 1 heterocycles. The monoisotopic (exact) mass is 210 g/mol. The van der Waals surface area contributed by atoms with E-state index < -0.39 is 0 Å². The van der Waals surface area contributed by atoms with Gasteiger partial charge in [-0.2, -0.15) is 4.98 Å². The van der Waals surface area contributed by atoms with Crippen LogP contribution in [0.15, 0.2) is 4.52 Å². The van der Waals surface area contributed by atoms with Gasteiger partial charge in [0.25, 0.3) is 0 Å². The van der Waals surface area contributed by atoms with E-state index in [0.29, 0.717) is 11.7 Å². The highest BCUT2D eigenvalue weighted by Crippen LogP contribution is 2.18. The van der Waals surface area contributed by atoms with Crippen LogP contribution in [0, 0.1) is 5.41 Å². The summed E-state index contributed by atoms with van der Waals surface area (Å²) in [5.41, 5.74) is -0.355. The second kappa shape index (κ2) is 4.13. The molecule has 1 rings (SSSR count). The maximum atomic E-state index is 11.7. The highest BCUT2D eigenvalue weighted by Gasteiger charge is 2.23. The van der Waals surface area contributed by atoms with Crippen molar-refractivity contribution in [1.29, 1.82) is 0 Å². The van der Waals surface area contributed by atoms with Gasteiger partial charge in [-0.3, -0.25) is 4.79 Å². The van der Waals surface area contributed by atoms with Gasteiger partial charge in [0, 0.05) is 11.3 Å². The average Bonchev–Trinajstić information content (AvgIpc) is 2.50. The maximum absolute atomic E-state index is 11.7. The predicted molar refractivity (Wildman–Crippen MR) is 56.6 cm³/mol. The summed E-state index contributed by atoms with van der Waals surface area (Å²) < 4.78 is 5.01. The van der Waals surface area contributed by atoms with Crippen LogP contribution in [0.2, 0.25) is 0 Å². The molecule has 15 heavy (non-hydrogen) atoms. The van der Waals surface area contributed by atoms with Crippen molar-refractivity contribution in [2.24, 2.45) is 5.41 Å². The lowest BCUT2D eigenvalue weighted by Gasteiger charge is -2.14. The third kappa shape index (κ3) is 3.15. The normalized spacial score (nSPS) is 12.1. The molecule has 4 heteroatoms. The van der Waals surface area contributed by atoms with Gasteiger partial charge in [0.05, 0.1) is 6.42 Å². The molecule has 84 valence electrons. The van der Waals surface area contributed by atoms with Crippen molar-refractivity contribution in [3.63, 3.8) is 0 Å². The van der Waals surface area contributed by atoms with E-state index >= 15 is 0 Å². The molecule has 0 unspecified atom stereocenters. The number of rotatable bonds is 3. The van der Waals surface area contributed by atoms with Crippen molar-refractivity contribution in [2.45, 2.75) is 47.0 Å². The van der Waals surface area contributed by atoms with Gasteiger partial charge in [-0.25, -0.2) is 0 Å². The summed E-state index contributed by atoms with van der Waals surface area (Å²) in [4.78, 5) is 15.8. The molecular formula is C11H18N2O2. The van der Waals surface area contributed by atoms with E-state index in [1.165, 1.54) is 0 Å². The smallest absolute Gasteiger partial charge is 0.234 e. The second-order valence-electron chi connectivity index (χ2n) is 5.05. The summed E-state index contributed by atoms with van der Waals surface area (Å²) in [6, 6.07) is 0. The van der Waals surface area contributed by atoms with Crippen LogP contribution >= 0.6 is 0 Å². The number of aromatic nitrogens is 2.